The molecule has 0 spiro atoms. The first-order valence-electron chi connectivity index (χ1n) is 6.53. The molecule has 0 aromatic heterocycles. The molecule has 0 unspecified atom stereocenters. The normalized spacial score (nSPS) is 17.1. The monoisotopic (exact) mass is 252 g/mol. The van der Waals surface area contributed by atoms with Gasteiger partial charge in [0.05, 0.1) is 0 Å². The summed E-state index contributed by atoms with van der Waals surface area (Å²) in [5.74, 6) is 0. The maximum absolute atomic E-state index is 3.45. The molecule has 94 valence electrons. The van der Waals surface area contributed by atoms with Crippen LogP contribution < -0.4 is 10.2 Å². The van der Waals surface area contributed by atoms with E-state index in [4.69, 9.17) is 0 Å². The molecule has 2 nitrogen and oxygen atoms in total. The van der Waals surface area contributed by atoms with Crippen LogP contribution in [0.3, 0.4) is 0 Å². The van der Waals surface area contributed by atoms with Gasteiger partial charge in [0.2, 0.25) is 0 Å². The Morgan fingerprint density at radius 1 is 1.12 bits per heavy atom. The van der Waals surface area contributed by atoms with Crippen molar-refractivity contribution in [1.82, 2.24) is 0 Å². The van der Waals surface area contributed by atoms with Gasteiger partial charge in [-0.2, -0.15) is 0 Å². The Balaban J connectivity index is 0.00000108. The van der Waals surface area contributed by atoms with Crippen LogP contribution in [0, 0.1) is 0 Å². The van der Waals surface area contributed by atoms with Crippen LogP contribution in [0.25, 0.3) is 0 Å². The zero-order chi connectivity index (χ0) is 11.0. The minimum Gasteiger partial charge on any atom is -0.385 e. The van der Waals surface area contributed by atoms with Crippen molar-refractivity contribution in [3.63, 3.8) is 0 Å². The van der Waals surface area contributed by atoms with E-state index in [-0.39, 0.29) is 12.4 Å². The Hall–Kier alpha value is -0.890. The summed E-state index contributed by atoms with van der Waals surface area (Å²) in [6.45, 7) is 5.71. The molecule has 1 aromatic rings. The topological polar surface area (TPSA) is 15.3 Å². The first kappa shape index (κ1) is 12.6. The third-order valence-electron chi connectivity index (χ3n) is 3.71. The van der Waals surface area contributed by atoms with E-state index in [1.165, 1.54) is 44.5 Å². The number of anilines is 2. The van der Waals surface area contributed by atoms with E-state index < -0.39 is 0 Å². The SMILES string of the molecule is CCNc1cc2c3c(c1)CCCN3CCC2.Cl. The summed E-state index contributed by atoms with van der Waals surface area (Å²) in [4.78, 5) is 2.59. The van der Waals surface area contributed by atoms with Crippen LogP contribution >= 0.6 is 12.4 Å². The molecule has 0 radical (unpaired) electrons. The van der Waals surface area contributed by atoms with Crippen molar-refractivity contribution in [2.24, 2.45) is 0 Å². The van der Waals surface area contributed by atoms with Gasteiger partial charge in [0.25, 0.3) is 0 Å². The number of nitrogens with zero attached hydrogens (tertiary/aromatic N) is 1. The zero-order valence-corrected chi connectivity index (χ0v) is 11.3. The highest BCUT2D eigenvalue weighted by Crippen LogP contribution is 2.37. The van der Waals surface area contributed by atoms with Crippen molar-refractivity contribution in [2.75, 3.05) is 29.9 Å². The number of nitrogens with one attached hydrogen (secondary N) is 1. The van der Waals surface area contributed by atoms with Gasteiger partial charge in [0, 0.05) is 31.0 Å². The van der Waals surface area contributed by atoms with Gasteiger partial charge in [-0.1, -0.05) is 0 Å². The molecule has 0 atom stereocenters. The van der Waals surface area contributed by atoms with Crippen LogP contribution in [0.5, 0.6) is 0 Å². The van der Waals surface area contributed by atoms with Crippen molar-refractivity contribution < 1.29 is 0 Å². The molecule has 2 heterocycles. The number of aryl methyl sites for hydroxylation is 2. The van der Waals surface area contributed by atoms with Gasteiger partial charge in [0.15, 0.2) is 0 Å². The third kappa shape index (κ3) is 2.23. The van der Waals surface area contributed by atoms with Crippen molar-refractivity contribution in [1.29, 1.82) is 0 Å². The third-order valence-corrected chi connectivity index (χ3v) is 3.71. The molecule has 0 saturated heterocycles. The second-order valence-corrected chi connectivity index (χ2v) is 4.87. The molecule has 0 aliphatic carbocycles. The quantitative estimate of drug-likeness (QED) is 0.869. The number of hydrogen-bond donors (Lipinski definition) is 1. The standard InChI is InChI=1S/C14H20N2.ClH/c1-2-15-13-9-11-5-3-7-16-8-4-6-12(10-13)14(11)16;/h9-10,15H,2-8H2,1H3;1H. The molecule has 2 aliphatic heterocycles. The van der Waals surface area contributed by atoms with Gasteiger partial charge in [-0.25, -0.2) is 0 Å². The van der Waals surface area contributed by atoms with Crippen LogP contribution in [-0.4, -0.2) is 19.6 Å². The Morgan fingerprint density at radius 2 is 1.71 bits per heavy atom. The lowest BCUT2D eigenvalue weighted by molar-refractivity contribution is 0.634. The number of rotatable bonds is 2. The lowest BCUT2D eigenvalue weighted by Gasteiger charge is -2.37. The molecular formula is C14H21ClN2. The maximum atomic E-state index is 3.45. The fraction of sp³-hybridized carbons (Fsp3) is 0.571. The second-order valence-electron chi connectivity index (χ2n) is 4.87. The maximum Gasteiger partial charge on any atom is 0.0432 e. The van der Waals surface area contributed by atoms with Gasteiger partial charge >= 0.3 is 0 Å². The first-order chi connectivity index (χ1) is 7.88. The minimum absolute atomic E-state index is 0. The summed E-state index contributed by atoms with van der Waals surface area (Å²) in [7, 11) is 0. The Labute approximate surface area is 110 Å². The summed E-state index contributed by atoms with van der Waals surface area (Å²) in [5, 5.41) is 3.45. The van der Waals surface area contributed by atoms with Crippen molar-refractivity contribution in [2.45, 2.75) is 32.6 Å². The van der Waals surface area contributed by atoms with E-state index in [1.54, 1.807) is 16.8 Å². The zero-order valence-electron chi connectivity index (χ0n) is 10.5. The molecule has 0 amide bonds. The molecule has 3 rings (SSSR count). The minimum atomic E-state index is 0. The van der Waals surface area contributed by atoms with Gasteiger partial charge in [0.1, 0.15) is 0 Å². The molecule has 1 aromatic carbocycles. The second kappa shape index (κ2) is 5.18. The summed E-state index contributed by atoms with van der Waals surface area (Å²) in [6.07, 6.45) is 5.17. The van der Waals surface area contributed by atoms with E-state index >= 15 is 0 Å². The van der Waals surface area contributed by atoms with Crippen LogP contribution in [-0.2, 0) is 12.8 Å². The van der Waals surface area contributed by atoms with Crippen LogP contribution in [0.2, 0.25) is 0 Å². The molecule has 1 N–H and O–H groups in total. The van der Waals surface area contributed by atoms with Gasteiger partial charge < -0.3 is 10.2 Å². The first-order valence-corrected chi connectivity index (χ1v) is 6.53. The fourth-order valence-corrected chi connectivity index (χ4v) is 3.11. The van der Waals surface area contributed by atoms with Crippen molar-refractivity contribution in [3.05, 3.63) is 23.3 Å². The summed E-state index contributed by atoms with van der Waals surface area (Å²) in [6, 6.07) is 4.72. The molecule has 17 heavy (non-hydrogen) atoms. The molecule has 0 fully saturated rings. The molecular weight excluding hydrogens is 232 g/mol. The predicted molar refractivity (Wildman–Crippen MR) is 76.7 cm³/mol. The highest BCUT2D eigenvalue weighted by Gasteiger charge is 2.23. The van der Waals surface area contributed by atoms with Gasteiger partial charge in [-0.05, 0) is 55.9 Å². The Kier molecular flexibility index (Phi) is 3.82. The summed E-state index contributed by atoms with van der Waals surface area (Å²) >= 11 is 0. The van der Waals surface area contributed by atoms with E-state index in [0.29, 0.717) is 0 Å². The lowest BCUT2D eigenvalue weighted by atomic mass is 9.91. The lowest BCUT2D eigenvalue weighted by Crippen LogP contribution is -2.34. The number of benzene rings is 1. The molecule has 0 saturated carbocycles. The average molecular weight is 253 g/mol. The van der Waals surface area contributed by atoms with E-state index in [2.05, 4.69) is 29.3 Å². The van der Waals surface area contributed by atoms with Crippen molar-refractivity contribution in [3.8, 4) is 0 Å². The average Bonchev–Trinajstić information content (AvgIpc) is 2.30. The van der Waals surface area contributed by atoms with E-state index in [0.717, 1.165) is 6.54 Å². The number of halogens is 1. The highest BCUT2D eigenvalue weighted by molar-refractivity contribution is 5.85. The molecule has 3 heteroatoms. The molecule has 2 aliphatic rings. The summed E-state index contributed by atoms with van der Waals surface area (Å²) < 4.78 is 0. The highest BCUT2D eigenvalue weighted by atomic mass is 35.5. The van der Waals surface area contributed by atoms with E-state index in [9.17, 15) is 0 Å². The smallest absolute Gasteiger partial charge is 0.0432 e. The fourth-order valence-electron chi connectivity index (χ4n) is 3.11. The van der Waals surface area contributed by atoms with Crippen molar-refractivity contribution >= 4 is 23.8 Å². The van der Waals surface area contributed by atoms with Crippen LogP contribution in [0.4, 0.5) is 11.4 Å². The van der Waals surface area contributed by atoms with Gasteiger partial charge in [-0.3, -0.25) is 0 Å². The number of hydrogen-bond acceptors (Lipinski definition) is 2. The molecule has 0 bridgehead atoms. The summed E-state index contributed by atoms with van der Waals surface area (Å²) in [5.41, 5.74) is 6.03. The Bertz CT molecular complexity index is 372. The van der Waals surface area contributed by atoms with Gasteiger partial charge in [-0.15, -0.1) is 12.4 Å². The largest absolute Gasteiger partial charge is 0.385 e. The Morgan fingerprint density at radius 3 is 2.24 bits per heavy atom. The van der Waals surface area contributed by atoms with Crippen LogP contribution in [0.15, 0.2) is 12.1 Å². The van der Waals surface area contributed by atoms with Crippen LogP contribution in [0.1, 0.15) is 30.9 Å². The predicted octanol–water partition coefficient (Wildman–Crippen LogP) is 3.24. The van der Waals surface area contributed by atoms with E-state index in [1.807, 2.05) is 0 Å².